The van der Waals surface area contributed by atoms with Crippen LogP contribution < -0.4 is 5.32 Å². The zero-order valence-electron chi connectivity index (χ0n) is 9.56. The van der Waals surface area contributed by atoms with Gasteiger partial charge in [-0.2, -0.15) is 0 Å². The second kappa shape index (κ2) is 5.43. The summed E-state index contributed by atoms with van der Waals surface area (Å²) in [6, 6.07) is 2.86. The van der Waals surface area contributed by atoms with Gasteiger partial charge < -0.3 is 4.90 Å². The normalized spacial score (nSPS) is 15.4. The van der Waals surface area contributed by atoms with Crippen LogP contribution in [0.1, 0.15) is 29.6 Å². The quantitative estimate of drug-likeness (QED) is 0.797. The fourth-order valence-electron chi connectivity index (χ4n) is 1.85. The number of likely N-dealkylation sites (tertiary alicyclic amines) is 1. The highest BCUT2D eigenvalue weighted by molar-refractivity contribution is 6.04. The van der Waals surface area contributed by atoms with Crippen LogP contribution in [0.25, 0.3) is 0 Å². The summed E-state index contributed by atoms with van der Waals surface area (Å²) in [5, 5.41) is 2.39. The van der Waals surface area contributed by atoms with Crippen LogP contribution in [0.15, 0.2) is 24.5 Å². The molecule has 0 saturated carbocycles. The molecule has 1 saturated heterocycles. The lowest BCUT2D eigenvalue weighted by Gasteiger charge is -2.26. The van der Waals surface area contributed by atoms with Gasteiger partial charge in [0.1, 0.15) is 0 Å². The minimum Gasteiger partial charge on any atom is -0.324 e. The van der Waals surface area contributed by atoms with E-state index in [1.54, 1.807) is 17.0 Å². The average Bonchev–Trinajstić information content (AvgIpc) is 2.40. The van der Waals surface area contributed by atoms with E-state index in [0.29, 0.717) is 5.56 Å². The number of urea groups is 1. The Bertz CT molecular complexity index is 399. The van der Waals surface area contributed by atoms with Crippen molar-refractivity contribution in [3.8, 4) is 0 Å². The van der Waals surface area contributed by atoms with Gasteiger partial charge in [0.25, 0.3) is 5.91 Å². The lowest BCUT2D eigenvalue weighted by Crippen LogP contribution is -2.45. The van der Waals surface area contributed by atoms with E-state index in [9.17, 15) is 9.59 Å². The molecule has 0 bridgehead atoms. The number of nitrogens with one attached hydrogen (secondary N) is 1. The van der Waals surface area contributed by atoms with E-state index >= 15 is 0 Å². The molecule has 0 spiro atoms. The van der Waals surface area contributed by atoms with Gasteiger partial charge in [-0.15, -0.1) is 0 Å². The van der Waals surface area contributed by atoms with E-state index in [4.69, 9.17) is 0 Å². The van der Waals surface area contributed by atoms with Gasteiger partial charge in [-0.3, -0.25) is 15.1 Å². The molecule has 0 radical (unpaired) electrons. The minimum absolute atomic E-state index is 0.300. The maximum atomic E-state index is 11.8. The highest BCUT2D eigenvalue weighted by Crippen LogP contribution is 2.08. The Morgan fingerprint density at radius 2 is 1.76 bits per heavy atom. The summed E-state index contributed by atoms with van der Waals surface area (Å²) >= 11 is 0. The van der Waals surface area contributed by atoms with Gasteiger partial charge in [-0.25, -0.2) is 4.79 Å². The SMILES string of the molecule is O=C(NC(=O)N1CCCCC1)c1ccncc1. The summed E-state index contributed by atoms with van der Waals surface area (Å²) < 4.78 is 0. The van der Waals surface area contributed by atoms with Crippen LogP contribution in [-0.2, 0) is 0 Å². The van der Waals surface area contributed by atoms with Gasteiger partial charge in [0.2, 0.25) is 0 Å². The van der Waals surface area contributed by atoms with Crippen molar-refractivity contribution in [1.82, 2.24) is 15.2 Å². The van der Waals surface area contributed by atoms with Crippen LogP contribution in [0, 0.1) is 0 Å². The second-order valence-electron chi connectivity index (χ2n) is 4.04. The molecule has 0 unspecified atom stereocenters. The average molecular weight is 233 g/mol. The third-order valence-corrected chi connectivity index (χ3v) is 2.81. The first-order valence-corrected chi connectivity index (χ1v) is 5.77. The summed E-state index contributed by atoms with van der Waals surface area (Å²) in [7, 11) is 0. The largest absolute Gasteiger partial charge is 0.324 e. The van der Waals surface area contributed by atoms with Crippen LogP contribution in [0.3, 0.4) is 0 Å². The Morgan fingerprint density at radius 3 is 2.41 bits per heavy atom. The van der Waals surface area contributed by atoms with Crippen molar-refractivity contribution in [3.63, 3.8) is 0 Å². The number of piperidine rings is 1. The molecule has 1 aliphatic heterocycles. The smallest absolute Gasteiger partial charge is 0.324 e. The molecule has 0 atom stereocenters. The molecule has 5 heteroatoms. The van der Waals surface area contributed by atoms with E-state index < -0.39 is 0 Å². The van der Waals surface area contributed by atoms with Gasteiger partial charge in [-0.1, -0.05) is 0 Å². The molecule has 2 heterocycles. The van der Waals surface area contributed by atoms with Crippen LogP contribution in [0.5, 0.6) is 0 Å². The Kier molecular flexibility index (Phi) is 3.69. The third-order valence-electron chi connectivity index (χ3n) is 2.81. The molecule has 1 N–H and O–H groups in total. The van der Waals surface area contributed by atoms with E-state index in [1.165, 1.54) is 12.4 Å². The molecule has 2 rings (SSSR count). The van der Waals surface area contributed by atoms with Crippen LogP contribution >= 0.6 is 0 Å². The van der Waals surface area contributed by atoms with Crippen molar-refractivity contribution in [3.05, 3.63) is 30.1 Å². The highest BCUT2D eigenvalue weighted by atomic mass is 16.2. The predicted molar refractivity (Wildman–Crippen MR) is 62.5 cm³/mol. The summed E-state index contributed by atoms with van der Waals surface area (Å²) in [6.07, 6.45) is 6.23. The summed E-state index contributed by atoms with van der Waals surface area (Å²) in [4.78, 5) is 29.0. The lowest BCUT2D eigenvalue weighted by atomic mass is 10.1. The molecule has 1 aliphatic rings. The Balaban J connectivity index is 1.92. The van der Waals surface area contributed by atoms with E-state index in [-0.39, 0.29) is 11.9 Å². The van der Waals surface area contributed by atoms with Gasteiger partial charge in [0.15, 0.2) is 0 Å². The van der Waals surface area contributed by atoms with Gasteiger partial charge >= 0.3 is 6.03 Å². The van der Waals surface area contributed by atoms with E-state index in [0.717, 1.165) is 32.4 Å². The van der Waals surface area contributed by atoms with Crippen molar-refractivity contribution in [2.75, 3.05) is 13.1 Å². The van der Waals surface area contributed by atoms with Crippen LogP contribution in [0.2, 0.25) is 0 Å². The first-order valence-electron chi connectivity index (χ1n) is 5.77. The Hall–Kier alpha value is -1.91. The third kappa shape index (κ3) is 3.03. The number of hydrogen-bond donors (Lipinski definition) is 1. The van der Waals surface area contributed by atoms with Gasteiger partial charge in [0, 0.05) is 31.0 Å². The number of pyridine rings is 1. The molecule has 3 amide bonds. The number of rotatable bonds is 1. The fourth-order valence-corrected chi connectivity index (χ4v) is 1.85. The predicted octanol–water partition coefficient (Wildman–Crippen LogP) is 1.42. The fraction of sp³-hybridized carbons (Fsp3) is 0.417. The number of nitrogens with zero attached hydrogens (tertiary/aromatic N) is 2. The standard InChI is InChI=1S/C12H15N3O2/c16-11(10-4-6-13-7-5-10)14-12(17)15-8-2-1-3-9-15/h4-7H,1-3,8-9H2,(H,14,16,17). The number of amides is 3. The van der Waals surface area contributed by atoms with Crippen LogP contribution in [0.4, 0.5) is 4.79 Å². The van der Waals surface area contributed by atoms with E-state index in [1.807, 2.05) is 0 Å². The number of aromatic nitrogens is 1. The molecule has 90 valence electrons. The van der Waals surface area contributed by atoms with Crippen molar-refractivity contribution in [2.45, 2.75) is 19.3 Å². The molecular formula is C12H15N3O2. The second-order valence-corrected chi connectivity index (χ2v) is 4.04. The first kappa shape index (κ1) is 11.6. The van der Waals surface area contributed by atoms with Crippen molar-refractivity contribution >= 4 is 11.9 Å². The summed E-state index contributed by atoms with van der Waals surface area (Å²) in [5.74, 6) is -0.372. The maximum Gasteiger partial charge on any atom is 0.324 e. The minimum atomic E-state index is -0.372. The Morgan fingerprint density at radius 1 is 1.12 bits per heavy atom. The highest BCUT2D eigenvalue weighted by Gasteiger charge is 2.18. The van der Waals surface area contributed by atoms with Gasteiger partial charge in [0.05, 0.1) is 0 Å². The maximum absolute atomic E-state index is 11.8. The van der Waals surface area contributed by atoms with Crippen LogP contribution in [-0.4, -0.2) is 34.9 Å². The molecule has 0 aliphatic carbocycles. The molecule has 1 fully saturated rings. The van der Waals surface area contributed by atoms with Gasteiger partial charge in [-0.05, 0) is 31.4 Å². The summed E-state index contributed by atoms with van der Waals surface area (Å²) in [5.41, 5.74) is 0.449. The molecule has 1 aromatic rings. The zero-order valence-corrected chi connectivity index (χ0v) is 9.56. The number of carbonyl (C=O) groups excluding carboxylic acids is 2. The molecule has 1 aromatic heterocycles. The number of hydrogen-bond acceptors (Lipinski definition) is 3. The van der Waals surface area contributed by atoms with Crippen molar-refractivity contribution in [2.24, 2.45) is 0 Å². The van der Waals surface area contributed by atoms with Crippen molar-refractivity contribution < 1.29 is 9.59 Å². The van der Waals surface area contributed by atoms with Crippen molar-refractivity contribution in [1.29, 1.82) is 0 Å². The Labute approximate surface area is 99.8 Å². The first-order chi connectivity index (χ1) is 8.27. The van der Waals surface area contributed by atoms with E-state index in [2.05, 4.69) is 10.3 Å². The molecule has 5 nitrogen and oxygen atoms in total. The molecular weight excluding hydrogens is 218 g/mol. The number of imide groups is 1. The summed E-state index contributed by atoms with van der Waals surface area (Å²) in [6.45, 7) is 1.46. The topological polar surface area (TPSA) is 62.3 Å². The zero-order chi connectivity index (χ0) is 12.1. The number of carbonyl (C=O) groups is 2. The lowest BCUT2D eigenvalue weighted by molar-refractivity contribution is 0.0948. The monoisotopic (exact) mass is 233 g/mol. The molecule has 17 heavy (non-hydrogen) atoms. The molecule has 0 aromatic carbocycles.